The number of fused-ring (bicyclic) bond motifs is 1. The molecule has 3 aromatic rings. The molecule has 3 aromatic carbocycles. The number of likely N-dealkylation sites (tertiary alicyclic amines) is 1. The SMILES string of the molecule is CCOc1ccc(NC(=O)[C@@H]2[C@H]3C(=O)N([C@H](CO)c4ccccc4)C(C(=O)Nc4ccc(Cl)cc4)C34S[C@@H]2CC4C)cc1. The molecule has 224 valence electrons. The van der Waals surface area contributed by atoms with Crippen molar-refractivity contribution in [2.75, 3.05) is 23.8 Å². The van der Waals surface area contributed by atoms with Crippen LogP contribution in [0.1, 0.15) is 31.9 Å². The van der Waals surface area contributed by atoms with Gasteiger partial charge in [-0.1, -0.05) is 48.9 Å². The summed E-state index contributed by atoms with van der Waals surface area (Å²) in [6.07, 6.45) is 0.698. The number of carbonyl (C=O) groups is 3. The monoisotopic (exact) mass is 619 g/mol. The van der Waals surface area contributed by atoms with Gasteiger partial charge in [0.25, 0.3) is 0 Å². The molecule has 7 atom stereocenters. The third-order valence-electron chi connectivity index (χ3n) is 8.97. The summed E-state index contributed by atoms with van der Waals surface area (Å²) in [5, 5.41) is 17.1. The average Bonchev–Trinajstić information content (AvgIpc) is 3.60. The van der Waals surface area contributed by atoms with Gasteiger partial charge in [0, 0.05) is 21.6 Å². The Kier molecular flexibility index (Phi) is 8.15. The molecule has 2 bridgehead atoms. The van der Waals surface area contributed by atoms with Crippen LogP contribution >= 0.6 is 23.4 Å². The van der Waals surface area contributed by atoms with E-state index in [1.165, 1.54) is 0 Å². The first-order chi connectivity index (χ1) is 20.8. The molecule has 0 saturated carbocycles. The van der Waals surface area contributed by atoms with Gasteiger partial charge in [-0.2, -0.15) is 0 Å². The minimum atomic E-state index is -0.911. The minimum absolute atomic E-state index is 0.0212. The number of hydrogen-bond acceptors (Lipinski definition) is 6. The lowest BCUT2D eigenvalue weighted by atomic mass is 9.66. The summed E-state index contributed by atoms with van der Waals surface area (Å²) >= 11 is 7.66. The Balaban J connectivity index is 1.38. The molecular weight excluding hydrogens is 586 g/mol. The van der Waals surface area contributed by atoms with E-state index in [0.717, 1.165) is 5.56 Å². The zero-order valence-electron chi connectivity index (χ0n) is 23.9. The summed E-state index contributed by atoms with van der Waals surface area (Å²) < 4.78 is 4.67. The first-order valence-electron chi connectivity index (χ1n) is 14.5. The summed E-state index contributed by atoms with van der Waals surface area (Å²) in [4.78, 5) is 44.4. The molecule has 3 heterocycles. The fraction of sp³-hybridized carbons (Fsp3) is 0.364. The Bertz CT molecular complexity index is 1510. The second kappa shape index (κ2) is 11.9. The normalized spacial score (nSPS) is 28.0. The zero-order chi connectivity index (χ0) is 30.3. The van der Waals surface area contributed by atoms with Crippen molar-refractivity contribution in [3.63, 3.8) is 0 Å². The van der Waals surface area contributed by atoms with E-state index in [9.17, 15) is 19.5 Å². The summed E-state index contributed by atoms with van der Waals surface area (Å²) in [6, 6.07) is 21.5. The van der Waals surface area contributed by atoms with Crippen LogP contribution < -0.4 is 15.4 Å². The van der Waals surface area contributed by atoms with E-state index in [-0.39, 0.29) is 35.5 Å². The van der Waals surface area contributed by atoms with Crippen molar-refractivity contribution >= 4 is 52.5 Å². The third-order valence-corrected chi connectivity index (χ3v) is 11.3. The molecule has 3 aliphatic heterocycles. The molecule has 43 heavy (non-hydrogen) atoms. The highest BCUT2D eigenvalue weighted by Gasteiger charge is 2.76. The Morgan fingerprint density at radius 3 is 2.28 bits per heavy atom. The largest absolute Gasteiger partial charge is 0.494 e. The highest BCUT2D eigenvalue weighted by atomic mass is 35.5. The predicted octanol–water partition coefficient (Wildman–Crippen LogP) is 5.39. The van der Waals surface area contributed by atoms with Crippen molar-refractivity contribution < 1.29 is 24.2 Å². The van der Waals surface area contributed by atoms with E-state index in [1.807, 2.05) is 37.3 Å². The standard InChI is InChI=1S/C33H34ClN3O5S/c1-3-42-24-15-13-23(14-16-24)35-30(39)27-26-17-19(2)33(43-26)28(27)32(41)37(25(18-38)20-7-5-4-6-8-20)29(33)31(40)36-22-11-9-21(34)10-12-22/h4-16,19,25-29,38H,3,17-18H2,1-2H3,(H,35,39)(H,36,40)/t19?,25-,26-,27+,28+,29?,33?/m1/s1. The number of ether oxygens (including phenoxy) is 1. The fourth-order valence-corrected chi connectivity index (χ4v) is 9.73. The number of carbonyl (C=O) groups excluding carboxylic acids is 3. The van der Waals surface area contributed by atoms with Crippen LogP contribution in [-0.4, -0.2) is 57.0 Å². The lowest BCUT2D eigenvalue weighted by molar-refractivity contribution is -0.141. The van der Waals surface area contributed by atoms with E-state index < -0.39 is 28.7 Å². The van der Waals surface area contributed by atoms with Crippen LogP contribution in [0.25, 0.3) is 0 Å². The van der Waals surface area contributed by atoms with Crippen molar-refractivity contribution in [2.24, 2.45) is 17.8 Å². The molecule has 3 amide bonds. The number of aliphatic hydroxyl groups is 1. The highest BCUT2D eigenvalue weighted by molar-refractivity contribution is 8.02. The third kappa shape index (κ3) is 5.07. The number of thioether (sulfide) groups is 1. The van der Waals surface area contributed by atoms with Gasteiger partial charge >= 0.3 is 0 Å². The van der Waals surface area contributed by atoms with Crippen molar-refractivity contribution in [3.8, 4) is 5.75 Å². The van der Waals surface area contributed by atoms with Crippen LogP contribution in [0.5, 0.6) is 5.75 Å². The topological polar surface area (TPSA) is 108 Å². The van der Waals surface area contributed by atoms with Crippen LogP contribution in [0, 0.1) is 17.8 Å². The number of hydrogen-bond donors (Lipinski definition) is 3. The van der Waals surface area contributed by atoms with Crippen molar-refractivity contribution in [1.29, 1.82) is 0 Å². The molecule has 6 rings (SSSR count). The molecule has 10 heteroatoms. The number of benzene rings is 3. The smallest absolute Gasteiger partial charge is 0.248 e. The first kappa shape index (κ1) is 29.5. The summed E-state index contributed by atoms with van der Waals surface area (Å²) in [5.74, 6) is -1.55. The maximum Gasteiger partial charge on any atom is 0.248 e. The lowest BCUT2D eigenvalue weighted by Gasteiger charge is -2.40. The van der Waals surface area contributed by atoms with Gasteiger partial charge in [0.1, 0.15) is 11.8 Å². The molecule has 3 unspecified atom stereocenters. The molecule has 0 aromatic heterocycles. The molecule has 3 aliphatic rings. The van der Waals surface area contributed by atoms with E-state index in [2.05, 4.69) is 17.6 Å². The molecular formula is C33H34ClN3O5S. The van der Waals surface area contributed by atoms with Crippen LogP contribution in [0.4, 0.5) is 11.4 Å². The average molecular weight is 620 g/mol. The van der Waals surface area contributed by atoms with Crippen molar-refractivity contribution in [3.05, 3.63) is 89.4 Å². The molecule has 0 radical (unpaired) electrons. The maximum atomic E-state index is 14.6. The molecule has 0 aliphatic carbocycles. The minimum Gasteiger partial charge on any atom is -0.494 e. The van der Waals surface area contributed by atoms with Crippen LogP contribution in [-0.2, 0) is 14.4 Å². The Labute approximate surface area is 260 Å². The molecule has 1 spiro atoms. The second-order valence-electron chi connectivity index (χ2n) is 11.3. The number of nitrogens with one attached hydrogen (secondary N) is 2. The van der Waals surface area contributed by atoms with Crippen LogP contribution in [0.3, 0.4) is 0 Å². The van der Waals surface area contributed by atoms with Gasteiger partial charge < -0.3 is 25.4 Å². The fourth-order valence-electron chi connectivity index (χ4n) is 7.19. The molecule has 3 saturated heterocycles. The van der Waals surface area contributed by atoms with E-state index >= 15 is 0 Å². The van der Waals surface area contributed by atoms with Gasteiger partial charge in [-0.25, -0.2) is 0 Å². The first-order valence-corrected chi connectivity index (χ1v) is 15.8. The Morgan fingerprint density at radius 2 is 1.65 bits per heavy atom. The number of halogens is 1. The van der Waals surface area contributed by atoms with Gasteiger partial charge in [0.15, 0.2) is 0 Å². The van der Waals surface area contributed by atoms with E-state index in [1.54, 1.807) is 65.2 Å². The molecule has 3 N–H and O–H groups in total. The van der Waals surface area contributed by atoms with Crippen molar-refractivity contribution in [1.82, 2.24) is 4.90 Å². The van der Waals surface area contributed by atoms with Crippen LogP contribution in [0.15, 0.2) is 78.9 Å². The Morgan fingerprint density at radius 1 is 1.02 bits per heavy atom. The quantitative estimate of drug-likeness (QED) is 0.297. The Hall–Kier alpha value is -3.53. The number of nitrogens with zero attached hydrogens (tertiary/aromatic N) is 1. The number of amides is 3. The zero-order valence-corrected chi connectivity index (χ0v) is 25.5. The van der Waals surface area contributed by atoms with Gasteiger partial charge in [0.2, 0.25) is 17.7 Å². The molecule has 3 fully saturated rings. The summed E-state index contributed by atoms with van der Waals surface area (Å²) in [5.41, 5.74) is 1.89. The molecule has 8 nitrogen and oxygen atoms in total. The lowest BCUT2D eigenvalue weighted by Crippen LogP contribution is -2.55. The van der Waals surface area contributed by atoms with Gasteiger partial charge in [-0.3, -0.25) is 14.4 Å². The highest BCUT2D eigenvalue weighted by Crippen LogP contribution is 2.69. The van der Waals surface area contributed by atoms with Crippen LogP contribution in [0.2, 0.25) is 5.02 Å². The maximum absolute atomic E-state index is 14.6. The van der Waals surface area contributed by atoms with E-state index in [0.29, 0.717) is 35.2 Å². The van der Waals surface area contributed by atoms with Crippen molar-refractivity contribution in [2.45, 2.75) is 42.3 Å². The summed E-state index contributed by atoms with van der Waals surface area (Å²) in [6.45, 7) is 4.15. The van der Waals surface area contributed by atoms with E-state index in [4.69, 9.17) is 16.3 Å². The van der Waals surface area contributed by atoms with Gasteiger partial charge in [-0.15, -0.1) is 11.8 Å². The predicted molar refractivity (Wildman–Crippen MR) is 168 cm³/mol. The van der Waals surface area contributed by atoms with Gasteiger partial charge in [0.05, 0.1) is 35.8 Å². The summed E-state index contributed by atoms with van der Waals surface area (Å²) in [7, 11) is 0. The second-order valence-corrected chi connectivity index (χ2v) is 13.3. The van der Waals surface area contributed by atoms with Gasteiger partial charge in [-0.05, 0) is 73.4 Å². The number of aliphatic hydroxyl groups excluding tert-OH is 1. The number of anilines is 2. The number of rotatable bonds is 9.